The summed E-state index contributed by atoms with van der Waals surface area (Å²) in [5, 5.41) is 3.01. The highest BCUT2D eigenvalue weighted by Crippen LogP contribution is 2.12. The highest BCUT2D eigenvalue weighted by atomic mass is 16.2. The number of quaternary nitrogens is 1. The third-order valence-electron chi connectivity index (χ3n) is 4.14. The van der Waals surface area contributed by atoms with Crippen molar-refractivity contribution in [2.75, 3.05) is 25.0 Å². The zero-order valence-corrected chi connectivity index (χ0v) is 12.9. The number of piperidine rings is 1. The number of likely N-dealkylation sites (tertiary alicyclic amines) is 1. The first-order valence-electron chi connectivity index (χ1n) is 7.79. The molecule has 1 heterocycles. The first kappa shape index (κ1) is 15.0. The number of rotatable bonds is 4. The Hall–Kier alpha value is -1.35. The van der Waals surface area contributed by atoms with Gasteiger partial charge in [0.05, 0.1) is 13.1 Å². The minimum absolute atomic E-state index is 0.130. The minimum atomic E-state index is 0.130. The van der Waals surface area contributed by atoms with Crippen LogP contribution in [0.15, 0.2) is 24.3 Å². The summed E-state index contributed by atoms with van der Waals surface area (Å²) in [4.78, 5) is 13.5. The number of hydrogen-bond acceptors (Lipinski definition) is 1. The molecule has 2 N–H and O–H groups in total. The lowest BCUT2D eigenvalue weighted by molar-refractivity contribution is -0.904. The summed E-state index contributed by atoms with van der Waals surface area (Å²) < 4.78 is 0. The number of nitrogens with one attached hydrogen (secondary N) is 2. The molecule has 1 aliphatic heterocycles. The van der Waals surface area contributed by atoms with E-state index in [1.54, 1.807) is 0 Å². The highest BCUT2D eigenvalue weighted by Gasteiger charge is 2.26. The molecule has 1 fully saturated rings. The van der Waals surface area contributed by atoms with Crippen LogP contribution in [-0.4, -0.2) is 25.5 Å². The van der Waals surface area contributed by atoms with E-state index in [0.29, 0.717) is 6.54 Å². The SMILES string of the molecule is CCc1ccc(NC(=O)C[NH+]2C[C@@H](C)C[C@H](C)C2)cc1. The van der Waals surface area contributed by atoms with E-state index in [0.717, 1.165) is 37.0 Å². The van der Waals surface area contributed by atoms with Gasteiger partial charge in [-0.3, -0.25) is 4.79 Å². The van der Waals surface area contributed by atoms with Crippen molar-refractivity contribution in [1.82, 2.24) is 0 Å². The normalized spacial score (nSPS) is 26.2. The van der Waals surface area contributed by atoms with Gasteiger partial charge in [0.2, 0.25) is 0 Å². The number of hydrogen-bond donors (Lipinski definition) is 2. The summed E-state index contributed by atoms with van der Waals surface area (Å²) in [5.41, 5.74) is 2.21. The number of benzene rings is 1. The van der Waals surface area contributed by atoms with Crippen LogP contribution in [0.1, 0.15) is 32.8 Å². The fraction of sp³-hybridized carbons (Fsp3) is 0.588. The molecule has 3 heteroatoms. The zero-order valence-electron chi connectivity index (χ0n) is 12.9. The Morgan fingerprint density at radius 2 is 1.80 bits per heavy atom. The molecule has 1 amide bonds. The van der Waals surface area contributed by atoms with Crippen molar-refractivity contribution in [3.63, 3.8) is 0 Å². The molecule has 0 unspecified atom stereocenters. The second kappa shape index (κ2) is 6.89. The van der Waals surface area contributed by atoms with E-state index in [9.17, 15) is 4.79 Å². The molecule has 0 aromatic heterocycles. The van der Waals surface area contributed by atoms with Crippen LogP contribution in [0.25, 0.3) is 0 Å². The standard InChI is InChI=1S/C17H26N2O/c1-4-15-5-7-16(8-6-15)18-17(20)12-19-10-13(2)9-14(3)11-19/h5-8,13-14H,4,9-12H2,1-3H3,(H,18,20)/p+1/t13-,14-/m0/s1. The summed E-state index contributed by atoms with van der Waals surface area (Å²) in [7, 11) is 0. The van der Waals surface area contributed by atoms with Crippen LogP contribution in [0.5, 0.6) is 0 Å². The molecule has 110 valence electrons. The van der Waals surface area contributed by atoms with Crippen molar-refractivity contribution in [3.05, 3.63) is 29.8 Å². The maximum Gasteiger partial charge on any atom is 0.279 e. The molecule has 1 aromatic rings. The maximum atomic E-state index is 12.1. The number of amides is 1. The largest absolute Gasteiger partial charge is 0.327 e. The summed E-state index contributed by atoms with van der Waals surface area (Å²) in [6, 6.07) is 8.14. The third-order valence-corrected chi connectivity index (χ3v) is 4.14. The fourth-order valence-corrected chi connectivity index (χ4v) is 3.32. The number of aryl methyl sites for hydroxylation is 1. The smallest absolute Gasteiger partial charge is 0.279 e. The summed E-state index contributed by atoms with van der Waals surface area (Å²) in [6.07, 6.45) is 2.32. The van der Waals surface area contributed by atoms with Gasteiger partial charge in [0.15, 0.2) is 6.54 Å². The molecule has 0 spiro atoms. The van der Waals surface area contributed by atoms with E-state index in [1.807, 2.05) is 12.1 Å². The fourth-order valence-electron chi connectivity index (χ4n) is 3.32. The first-order chi connectivity index (χ1) is 9.56. The van der Waals surface area contributed by atoms with E-state index in [-0.39, 0.29) is 5.91 Å². The van der Waals surface area contributed by atoms with Crippen LogP contribution in [0.4, 0.5) is 5.69 Å². The van der Waals surface area contributed by atoms with Crippen molar-refractivity contribution in [3.8, 4) is 0 Å². The van der Waals surface area contributed by atoms with Gasteiger partial charge in [-0.1, -0.05) is 32.9 Å². The maximum absolute atomic E-state index is 12.1. The summed E-state index contributed by atoms with van der Waals surface area (Å²) in [5.74, 6) is 1.58. The lowest BCUT2D eigenvalue weighted by atomic mass is 9.92. The van der Waals surface area contributed by atoms with Crippen LogP contribution in [0, 0.1) is 11.8 Å². The van der Waals surface area contributed by atoms with E-state index < -0.39 is 0 Å². The van der Waals surface area contributed by atoms with Gasteiger partial charge in [-0.2, -0.15) is 0 Å². The molecule has 0 aliphatic carbocycles. The Morgan fingerprint density at radius 1 is 1.20 bits per heavy atom. The van der Waals surface area contributed by atoms with Crippen LogP contribution >= 0.6 is 0 Å². The van der Waals surface area contributed by atoms with Crippen LogP contribution in [0.3, 0.4) is 0 Å². The molecule has 0 radical (unpaired) electrons. The lowest BCUT2D eigenvalue weighted by Crippen LogP contribution is -3.15. The molecule has 2 rings (SSSR count). The second-order valence-corrected chi connectivity index (χ2v) is 6.38. The van der Waals surface area contributed by atoms with Crippen molar-refractivity contribution >= 4 is 11.6 Å². The zero-order chi connectivity index (χ0) is 14.5. The van der Waals surface area contributed by atoms with E-state index in [2.05, 4.69) is 38.2 Å². The van der Waals surface area contributed by atoms with Gasteiger partial charge in [-0.25, -0.2) is 0 Å². The number of carbonyl (C=O) groups excluding carboxylic acids is 1. The predicted molar refractivity (Wildman–Crippen MR) is 83.0 cm³/mol. The van der Waals surface area contributed by atoms with Crippen molar-refractivity contribution in [2.45, 2.75) is 33.6 Å². The van der Waals surface area contributed by atoms with Crippen LogP contribution < -0.4 is 10.2 Å². The predicted octanol–water partition coefficient (Wildman–Crippen LogP) is 1.75. The molecule has 1 aliphatic rings. The summed E-state index contributed by atoms with van der Waals surface area (Å²) >= 11 is 0. The Bertz CT molecular complexity index is 431. The third kappa shape index (κ3) is 4.34. The molecule has 0 bridgehead atoms. The molecule has 0 saturated carbocycles. The molecular formula is C17H27N2O+. The van der Waals surface area contributed by atoms with Crippen LogP contribution in [-0.2, 0) is 11.2 Å². The van der Waals surface area contributed by atoms with E-state index in [1.165, 1.54) is 16.9 Å². The van der Waals surface area contributed by atoms with Gasteiger partial charge in [0.1, 0.15) is 0 Å². The average molecular weight is 275 g/mol. The molecule has 3 nitrogen and oxygen atoms in total. The van der Waals surface area contributed by atoms with Crippen molar-refractivity contribution in [1.29, 1.82) is 0 Å². The van der Waals surface area contributed by atoms with E-state index >= 15 is 0 Å². The molecular weight excluding hydrogens is 248 g/mol. The van der Waals surface area contributed by atoms with Gasteiger partial charge in [-0.05, 0) is 30.5 Å². The lowest BCUT2D eigenvalue weighted by Gasteiger charge is -2.31. The Balaban J connectivity index is 1.85. The van der Waals surface area contributed by atoms with Gasteiger partial charge < -0.3 is 10.2 Å². The Kier molecular flexibility index (Phi) is 5.18. The van der Waals surface area contributed by atoms with E-state index in [4.69, 9.17) is 0 Å². The highest BCUT2D eigenvalue weighted by molar-refractivity contribution is 5.91. The van der Waals surface area contributed by atoms with Gasteiger partial charge >= 0.3 is 0 Å². The molecule has 2 atom stereocenters. The number of carbonyl (C=O) groups is 1. The molecule has 1 saturated heterocycles. The topological polar surface area (TPSA) is 33.5 Å². The molecule has 20 heavy (non-hydrogen) atoms. The van der Waals surface area contributed by atoms with Gasteiger partial charge in [-0.15, -0.1) is 0 Å². The second-order valence-electron chi connectivity index (χ2n) is 6.38. The van der Waals surface area contributed by atoms with Crippen molar-refractivity contribution < 1.29 is 9.69 Å². The summed E-state index contributed by atoms with van der Waals surface area (Å²) in [6.45, 7) is 9.53. The average Bonchev–Trinajstić information content (AvgIpc) is 2.38. The Morgan fingerprint density at radius 3 is 2.35 bits per heavy atom. The quantitative estimate of drug-likeness (QED) is 0.862. The Labute approximate surface area is 122 Å². The van der Waals surface area contributed by atoms with Gasteiger partial charge in [0, 0.05) is 17.5 Å². The van der Waals surface area contributed by atoms with Gasteiger partial charge in [0.25, 0.3) is 5.91 Å². The first-order valence-corrected chi connectivity index (χ1v) is 7.79. The monoisotopic (exact) mass is 275 g/mol. The number of anilines is 1. The minimum Gasteiger partial charge on any atom is -0.327 e. The molecule has 1 aromatic carbocycles. The van der Waals surface area contributed by atoms with Crippen LogP contribution in [0.2, 0.25) is 0 Å². The van der Waals surface area contributed by atoms with Crippen molar-refractivity contribution in [2.24, 2.45) is 11.8 Å².